The van der Waals surface area contributed by atoms with Crippen molar-refractivity contribution >= 4 is 60.6 Å². The van der Waals surface area contributed by atoms with E-state index in [0.29, 0.717) is 34.1 Å². The van der Waals surface area contributed by atoms with E-state index in [1.165, 1.54) is 22.5 Å². The summed E-state index contributed by atoms with van der Waals surface area (Å²) in [5.74, 6) is -0.854. The monoisotopic (exact) mass is 835 g/mol. The minimum atomic E-state index is -2.85. The second-order valence-electron chi connectivity index (χ2n) is 15.0. The number of anilines is 1. The third-order valence-corrected chi connectivity index (χ3v) is 16.7. The van der Waals surface area contributed by atoms with Gasteiger partial charge in [-0.05, 0) is 39.7 Å². The van der Waals surface area contributed by atoms with Crippen LogP contribution in [0.3, 0.4) is 0 Å². The quantitative estimate of drug-likeness (QED) is 0.0578. The number of hydrogen-bond donors (Lipinski definition) is 1. The first kappa shape index (κ1) is 37.1. The zero-order chi connectivity index (χ0) is 36.6. The van der Waals surface area contributed by atoms with Crippen LogP contribution in [0.1, 0.15) is 26.5 Å². The molecular formula is C39H44F2IN5O2Si2. The van der Waals surface area contributed by atoms with Gasteiger partial charge in [0.05, 0.1) is 35.3 Å². The smallest absolute Gasteiger partial charge is 0.261 e. The molecule has 3 heterocycles. The summed E-state index contributed by atoms with van der Waals surface area (Å²) in [7, 11) is -4.18. The molecule has 7 nitrogen and oxygen atoms in total. The maximum Gasteiger partial charge on any atom is 0.261 e. The highest BCUT2D eigenvalue weighted by Crippen LogP contribution is 2.38. The van der Waals surface area contributed by atoms with E-state index in [2.05, 4.69) is 112 Å². The summed E-state index contributed by atoms with van der Waals surface area (Å²) in [6.45, 7) is 15.0. The van der Waals surface area contributed by atoms with Crippen molar-refractivity contribution in [3.63, 3.8) is 0 Å². The van der Waals surface area contributed by atoms with Gasteiger partial charge in [0, 0.05) is 49.0 Å². The maximum absolute atomic E-state index is 15.0. The number of fused-ring (bicyclic) bond motifs is 1. The summed E-state index contributed by atoms with van der Waals surface area (Å²) in [5, 5.41) is 2.19. The molecular weight excluding hydrogens is 792 g/mol. The van der Waals surface area contributed by atoms with E-state index in [0.717, 1.165) is 17.3 Å². The number of nitrogens with zero attached hydrogens (tertiary/aromatic N) is 4. The van der Waals surface area contributed by atoms with E-state index in [-0.39, 0.29) is 23.0 Å². The van der Waals surface area contributed by atoms with Crippen LogP contribution in [0.5, 0.6) is 0 Å². The number of ether oxygens (including phenoxy) is 1. The number of pyridine rings is 1. The summed E-state index contributed by atoms with van der Waals surface area (Å²) < 4.78 is 48.0. The Labute approximate surface area is 314 Å². The van der Waals surface area contributed by atoms with Crippen molar-refractivity contribution < 1.29 is 17.9 Å². The van der Waals surface area contributed by atoms with Crippen LogP contribution in [0, 0.1) is 15.5 Å². The normalized spacial score (nSPS) is 12.6. The van der Waals surface area contributed by atoms with Gasteiger partial charge in [0.25, 0.3) is 8.32 Å². The zero-order valence-electron chi connectivity index (χ0n) is 29.9. The first-order chi connectivity index (χ1) is 24.2. The summed E-state index contributed by atoms with van der Waals surface area (Å²) in [4.78, 5) is 9.83. The van der Waals surface area contributed by atoms with Crippen LogP contribution < -0.4 is 16.1 Å². The summed E-state index contributed by atoms with van der Waals surface area (Å²) >= 11 is 2.13. The molecule has 3 aromatic carbocycles. The van der Waals surface area contributed by atoms with E-state index < -0.39 is 28.0 Å². The van der Waals surface area contributed by atoms with Crippen molar-refractivity contribution in [2.24, 2.45) is 0 Å². The Hall–Kier alpha value is -3.70. The number of nitrogen functional groups attached to an aromatic ring is 1. The number of aromatic nitrogens is 4. The Morgan fingerprint density at radius 3 is 2.14 bits per heavy atom. The molecule has 0 saturated carbocycles. The molecule has 0 aliphatic carbocycles. The number of nitrogens with two attached hydrogens (primary N) is 1. The SMILES string of the molecule is CC(C)(C)[Si](OCc1cnc(-c2nc(I)n3cc(-c4c(F)ccc(N)c4F)ccc23)n1COCC[Si](C)(C)C)(c1ccccc1)c1ccccc1. The number of imidazole rings is 2. The standard InChI is InChI=1S/C39H44F2IN5O2Si2/c1-39(2,3)51(29-13-9-7-10-14-29,30-15-11-8-12-16-30)49-25-28-23-44-37(47(28)26-48-21-22-50(4,5)6)36-33-20-17-27(24-46(33)38(42)45-36)34-31(40)18-19-32(43)35(34)41/h7-20,23-24H,21-22,25-26,43H2,1-6H3. The van der Waals surface area contributed by atoms with E-state index >= 15 is 4.39 Å². The molecule has 0 aliphatic rings. The fourth-order valence-electron chi connectivity index (χ4n) is 6.53. The predicted octanol–water partition coefficient (Wildman–Crippen LogP) is 8.72. The zero-order valence-corrected chi connectivity index (χ0v) is 34.0. The maximum atomic E-state index is 15.0. The van der Waals surface area contributed by atoms with Gasteiger partial charge in [-0.1, -0.05) is 107 Å². The second kappa shape index (κ2) is 14.7. The molecule has 2 N–H and O–H groups in total. The Balaban J connectivity index is 1.43. The molecule has 0 radical (unpaired) electrons. The summed E-state index contributed by atoms with van der Waals surface area (Å²) in [6.07, 6.45) is 3.53. The highest BCUT2D eigenvalue weighted by atomic mass is 127. The number of hydrogen-bond acceptors (Lipinski definition) is 5. The fourth-order valence-corrected chi connectivity index (χ4v) is 12.4. The molecule has 0 spiro atoms. The average Bonchev–Trinajstić information content (AvgIpc) is 3.64. The van der Waals surface area contributed by atoms with E-state index in [1.54, 1.807) is 12.3 Å². The topological polar surface area (TPSA) is 79.6 Å². The van der Waals surface area contributed by atoms with Crippen LogP contribution in [-0.2, 0) is 22.5 Å². The second-order valence-corrected chi connectivity index (χ2v) is 25.9. The minimum Gasteiger partial charge on any atom is -0.402 e. The third kappa shape index (κ3) is 7.47. The molecule has 12 heteroatoms. The lowest BCUT2D eigenvalue weighted by Gasteiger charge is -2.43. The van der Waals surface area contributed by atoms with Crippen molar-refractivity contribution in [2.45, 2.75) is 64.8 Å². The number of rotatable bonds is 12. The molecule has 0 amide bonds. The fraction of sp³-hybridized carbons (Fsp3) is 0.282. The lowest BCUT2D eigenvalue weighted by atomic mass is 10.0. The molecule has 0 aliphatic heterocycles. The van der Waals surface area contributed by atoms with Crippen LogP contribution in [0.2, 0.25) is 30.7 Å². The molecule has 0 bridgehead atoms. The Bertz CT molecular complexity index is 2110. The van der Waals surface area contributed by atoms with Gasteiger partial charge in [-0.2, -0.15) is 0 Å². The molecule has 0 atom stereocenters. The number of benzene rings is 3. The molecule has 6 rings (SSSR count). The van der Waals surface area contributed by atoms with Crippen molar-refractivity contribution in [2.75, 3.05) is 12.3 Å². The van der Waals surface area contributed by atoms with Crippen molar-refractivity contribution in [1.29, 1.82) is 0 Å². The van der Waals surface area contributed by atoms with Crippen LogP contribution in [-0.4, -0.2) is 41.9 Å². The van der Waals surface area contributed by atoms with Gasteiger partial charge in [0.1, 0.15) is 18.2 Å². The van der Waals surface area contributed by atoms with Gasteiger partial charge in [-0.25, -0.2) is 18.7 Å². The van der Waals surface area contributed by atoms with Gasteiger partial charge in [0.15, 0.2) is 15.5 Å². The van der Waals surface area contributed by atoms with E-state index in [9.17, 15) is 4.39 Å². The summed E-state index contributed by atoms with van der Waals surface area (Å²) in [6, 6.07) is 28.0. The number of halogens is 3. The molecule has 51 heavy (non-hydrogen) atoms. The Kier molecular flexibility index (Phi) is 10.7. The van der Waals surface area contributed by atoms with Gasteiger partial charge in [-0.3, -0.25) is 4.40 Å². The van der Waals surface area contributed by atoms with Crippen LogP contribution in [0.25, 0.3) is 28.2 Å². The molecule has 0 fully saturated rings. The van der Waals surface area contributed by atoms with Gasteiger partial charge in [0.2, 0.25) is 0 Å². The molecule has 0 unspecified atom stereocenters. The van der Waals surface area contributed by atoms with Gasteiger partial charge in [-0.15, -0.1) is 0 Å². The highest BCUT2D eigenvalue weighted by Gasteiger charge is 2.50. The van der Waals surface area contributed by atoms with E-state index in [4.69, 9.17) is 24.9 Å². The molecule has 266 valence electrons. The first-order valence-electron chi connectivity index (χ1n) is 17.0. The van der Waals surface area contributed by atoms with Crippen LogP contribution in [0.15, 0.2) is 97.3 Å². The first-order valence-corrected chi connectivity index (χ1v) is 23.7. The minimum absolute atomic E-state index is 0.114. The molecule has 3 aromatic heterocycles. The Morgan fingerprint density at radius 2 is 1.53 bits per heavy atom. The third-order valence-electron chi connectivity index (χ3n) is 9.22. The van der Waals surface area contributed by atoms with Gasteiger partial charge >= 0.3 is 0 Å². The highest BCUT2D eigenvalue weighted by molar-refractivity contribution is 14.1. The summed E-state index contributed by atoms with van der Waals surface area (Å²) in [5.41, 5.74) is 8.08. The lowest BCUT2D eigenvalue weighted by molar-refractivity contribution is 0.0838. The van der Waals surface area contributed by atoms with Crippen LogP contribution in [0.4, 0.5) is 14.5 Å². The van der Waals surface area contributed by atoms with Crippen molar-refractivity contribution in [3.8, 4) is 22.6 Å². The van der Waals surface area contributed by atoms with Crippen LogP contribution >= 0.6 is 22.6 Å². The Morgan fingerprint density at radius 1 is 0.882 bits per heavy atom. The van der Waals surface area contributed by atoms with Crippen molar-refractivity contribution in [1.82, 2.24) is 18.9 Å². The van der Waals surface area contributed by atoms with Gasteiger partial charge < -0.3 is 19.5 Å². The lowest BCUT2D eigenvalue weighted by Crippen LogP contribution is -2.66. The average molecular weight is 836 g/mol. The predicted molar refractivity (Wildman–Crippen MR) is 215 cm³/mol. The van der Waals surface area contributed by atoms with Crippen molar-refractivity contribution in [3.05, 3.63) is 118 Å². The largest absolute Gasteiger partial charge is 0.402 e. The molecule has 6 aromatic rings. The molecule has 0 saturated heterocycles. The van der Waals surface area contributed by atoms with E-state index in [1.807, 2.05) is 33.4 Å².